The van der Waals surface area contributed by atoms with Gasteiger partial charge in [0.05, 0.1) is 26.4 Å². The molecular weight excluding hydrogens is 1320 g/mol. The quantitative estimate of drug-likeness (QED) is 0.0169. The summed E-state index contributed by atoms with van der Waals surface area (Å²) in [5.74, 6) is 0.193. The van der Waals surface area contributed by atoms with Crippen LogP contribution in [0, 0.1) is 17.8 Å². The van der Waals surface area contributed by atoms with Crippen LogP contribution in [0.15, 0.2) is 24.3 Å². The van der Waals surface area contributed by atoms with Crippen LogP contribution in [0.4, 0.5) is 0 Å². The van der Waals surface area contributed by atoms with Gasteiger partial charge >= 0.3 is 39.5 Å². The molecule has 596 valence electrons. The molecule has 0 saturated carbocycles. The molecule has 0 bridgehead atoms. The highest BCUT2D eigenvalue weighted by molar-refractivity contribution is 7.47. The number of aliphatic hydroxyl groups excluding tert-OH is 1. The second-order valence-electron chi connectivity index (χ2n) is 30.0. The van der Waals surface area contributed by atoms with Crippen LogP contribution < -0.4 is 0 Å². The van der Waals surface area contributed by atoms with E-state index in [9.17, 15) is 43.2 Å². The molecule has 0 aliphatic carbocycles. The van der Waals surface area contributed by atoms with Gasteiger partial charge in [-0.1, -0.05) is 349 Å². The molecule has 0 amide bonds. The van der Waals surface area contributed by atoms with Crippen LogP contribution in [0.1, 0.15) is 402 Å². The smallest absolute Gasteiger partial charge is 0.462 e. The predicted octanol–water partition coefficient (Wildman–Crippen LogP) is 24.1. The van der Waals surface area contributed by atoms with E-state index in [1.807, 2.05) is 0 Å². The minimum atomic E-state index is -4.97. The summed E-state index contributed by atoms with van der Waals surface area (Å²) in [7, 11) is -9.94. The summed E-state index contributed by atoms with van der Waals surface area (Å²) in [6.07, 6.45) is 63.3. The monoisotopic (exact) mass is 1480 g/mol. The number of hydrogen-bond acceptors (Lipinski definition) is 15. The number of ether oxygens (including phenoxy) is 4. The van der Waals surface area contributed by atoms with Gasteiger partial charge in [-0.3, -0.25) is 37.3 Å². The zero-order chi connectivity index (χ0) is 74.4. The molecule has 0 spiro atoms. The fourth-order valence-corrected chi connectivity index (χ4v) is 13.7. The summed E-state index contributed by atoms with van der Waals surface area (Å²) >= 11 is 0. The Kier molecular flexibility index (Phi) is 70.0. The molecule has 0 fully saturated rings. The number of carbonyl (C=O) groups is 4. The fraction of sp³-hybridized carbons (Fsp3) is 0.902. The third-order valence-electron chi connectivity index (χ3n) is 18.9. The molecule has 3 N–H and O–H groups in total. The van der Waals surface area contributed by atoms with Crippen molar-refractivity contribution in [2.45, 2.75) is 420 Å². The molecule has 0 aromatic rings. The highest BCUT2D eigenvalue weighted by Gasteiger charge is 2.30. The van der Waals surface area contributed by atoms with Gasteiger partial charge in [-0.2, -0.15) is 0 Å². The van der Waals surface area contributed by atoms with E-state index in [-0.39, 0.29) is 25.7 Å². The summed E-state index contributed by atoms with van der Waals surface area (Å²) in [6, 6.07) is 0. The Balaban J connectivity index is 5.26. The highest BCUT2D eigenvalue weighted by atomic mass is 31.2. The molecule has 0 radical (unpaired) electrons. The van der Waals surface area contributed by atoms with Crippen molar-refractivity contribution in [2.24, 2.45) is 17.8 Å². The van der Waals surface area contributed by atoms with Gasteiger partial charge < -0.3 is 33.8 Å². The van der Waals surface area contributed by atoms with Gasteiger partial charge in [0.25, 0.3) is 0 Å². The maximum atomic E-state index is 13.1. The van der Waals surface area contributed by atoms with Gasteiger partial charge in [0.15, 0.2) is 12.2 Å². The van der Waals surface area contributed by atoms with Crippen molar-refractivity contribution in [3.05, 3.63) is 24.3 Å². The van der Waals surface area contributed by atoms with Crippen molar-refractivity contribution in [2.75, 3.05) is 39.6 Å². The van der Waals surface area contributed by atoms with E-state index in [1.54, 1.807) is 0 Å². The largest absolute Gasteiger partial charge is 0.472 e. The highest BCUT2D eigenvalue weighted by Crippen LogP contribution is 2.45. The summed E-state index contributed by atoms with van der Waals surface area (Å²) in [4.78, 5) is 73.0. The zero-order valence-electron chi connectivity index (χ0n) is 65.9. The first kappa shape index (κ1) is 98.5. The molecule has 0 aromatic carbocycles. The van der Waals surface area contributed by atoms with Crippen LogP contribution >= 0.6 is 15.6 Å². The third kappa shape index (κ3) is 74.2. The summed E-state index contributed by atoms with van der Waals surface area (Å²) in [5, 5.41) is 10.6. The second-order valence-corrected chi connectivity index (χ2v) is 32.9. The molecule has 0 saturated heterocycles. The number of aliphatic hydroxyl groups is 1. The normalized spacial score (nSPS) is 14.4. The molecule has 0 aromatic heterocycles. The fourth-order valence-electron chi connectivity index (χ4n) is 12.1. The van der Waals surface area contributed by atoms with E-state index in [2.05, 4.69) is 72.8 Å². The van der Waals surface area contributed by atoms with Gasteiger partial charge in [0.1, 0.15) is 19.3 Å². The standard InChI is InChI=1S/C82H156O17P2/c1-8-10-11-12-13-14-15-16-19-27-32-37-42-51-58-65-81(86)98-77(69-92-79(84)63-56-49-41-36-31-26-23-22-25-30-35-40-47-54-61-74(5)6)71-96-100(88,89)94-67-76(83)68-95-101(90,91)97-72-78(70-93-80(85)64-57-50-45-44-48-55-62-75(7)9-2)99-82(87)66-59-52-43-38-33-28-21-18-17-20-24-29-34-39-46-53-60-73(3)4/h14-16,19,73-78,83H,8-13,17-18,20-72H2,1-7H3,(H,88,89)(H,90,91)/b15-14-,19-16-/t75?,76-,77-,78-/m1/s1. The lowest BCUT2D eigenvalue weighted by Gasteiger charge is -2.21. The van der Waals surface area contributed by atoms with Crippen LogP contribution in [0.3, 0.4) is 0 Å². The Hall–Kier alpha value is -2.46. The van der Waals surface area contributed by atoms with Gasteiger partial charge in [-0.15, -0.1) is 0 Å². The van der Waals surface area contributed by atoms with Crippen molar-refractivity contribution in [3.63, 3.8) is 0 Å². The van der Waals surface area contributed by atoms with Crippen molar-refractivity contribution < 1.29 is 80.2 Å². The Labute approximate surface area is 618 Å². The summed E-state index contributed by atoms with van der Waals surface area (Å²) < 4.78 is 68.7. The Bertz CT molecular complexity index is 2050. The van der Waals surface area contributed by atoms with E-state index in [1.165, 1.54) is 193 Å². The Morgan fingerprint density at radius 1 is 0.327 bits per heavy atom. The lowest BCUT2D eigenvalue weighted by atomic mass is 10.00. The van der Waals surface area contributed by atoms with E-state index in [0.29, 0.717) is 25.7 Å². The molecule has 0 aliphatic heterocycles. The van der Waals surface area contributed by atoms with E-state index in [0.717, 1.165) is 127 Å². The number of esters is 4. The number of unbranched alkanes of at least 4 members (excludes halogenated alkanes) is 42. The molecule has 17 nitrogen and oxygen atoms in total. The zero-order valence-corrected chi connectivity index (χ0v) is 67.6. The van der Waals surface area contributed by atoms with Crippen molar-refractivity contribution >= 4 is 39.5 Å². The molecule has 0 heterocycles. The molecular formula is C82H156O17P2. The molecule has 6 atom stereocenters. The second kappa shape index (κ2) is 71.8. The maximum absolute atomic E-state index is 13.1. The van der Waals surface area contributed by atoms with Crippen LogP contribution in [0.25, 0.3) is 0 Å². The number of allylic oxidation sites excluding steroid dienone is 4. The number of phosphoric acid groups is 2. The number of hydrogen-bond donors (Lipinski definition) is 3. The summed E-state index contributed by atoms with van der Waals surface area (Å²) in [6.45, 7) is 11.9. The minimum Gasteiger partial charge on any atom is -0.462 e. The molecule has 19 heteroatoms. The summed E-state index contributed by atoms with van der Waals surface area (Å²) in [5.41, 5.74) is 0. The van der Waals surface area contributed by atoms with Crippen LogP contribution in [0.2, 0.25) is 0 Å². The minimum absolute atomic E-state index is 0.0850. The van der Waals surface area contributed by atoms with Crippen molar-refractivity contribution in [1.82, 2.24) is 0 Å². The van der Waals surface area contributed by atoms with Crippen LogP contribution in [-0.2, 0) is 65.4 Å². The van der Waals surface area contributed by atoms with E-state index < -0.39 is 97.5 Å². The molecule has 0 aliphatic rings. The number of carbonyl (C=O) groups excluding carboxylic acids is 4. The Morgan fingerprint density at radius 3 is 0.881 bits per heavy atom. The van der Waals surface area contributed by atoms with Crippen molar-refractivity contribution in [3.8, 4) is 0 Å². The Morgan fingerprint density at radius 2 is 0.584 bits per heavy atom. The van der Waals surface area contributed by atoms with Crippen molar-refractivity contribution in [1.29, 1.82) is 0 Å². The predicted molar refractivity (Wildman–Crippen MR) is 414 cm³/mol. The van der Waals surface area contributed by atoms with Gasteiger partial charge in [-0.05, 0) is 69.1 Å². The third-order valence-corrected chi connectivity index (χ3v) is 20.8. The first-order chi connectivity index (χ1) is 48.8. The molecule has 101 heavy (non-hydrogen) atoms. The number of phosphoric ester groups is 2. The topological polar surface area (TPSA) is 237 Å². The maximum Gasteiger partial charge on any atom is 0.472 e. The lowest BCUT2D eigenvalue weighted by molar-refractivity contribution is -0.161. The van der Waals surface area contributed by atoms with E-state index >= 15 is 0 Å². The molecule has 3 unspecified atom stereocenters. The van der Waals surface area contributed by atoms with Crippen LogP contribution in [-0.4, -0.2) is 96.7 Å². The number of rotatable bonds is 78. The average Bonchev–Trinajstić information content (AvgIpc) is 0.917. The lowest BCUT2D eigenvalue weighted by Crippen LogP contribution is -2.30. The molecule has 0 rings (SSSR count). The van der Waals surface area contributed by atoms with Crippen LogP contribution in [0.5, 0.6) is 0 Å². The SMILES string of the molecule is CCCCCC/C=C\C=C/CCCCCCCC(=O)O[C@H](COC(=O)CCCCCCCCCCCCCCCCC(C)C)COP(=O)(O)OC[C@@H](O)COP(=O)(O)OC[C@@H](COC(=O)CCCCCCCCC(C)CC)OC(=O)CCCCCCCCCCCCCCCCCCC(C)C. The van der Waals surface area contributed by atoms with Gasteiger partial charge in [-0.25, -0.2) is 9.13 Å². The van der Waals surface area contributed by atoms with Gasteiger partial charge in [0.2, 0.25) is 0 Å². The van der Waals surface area contributed by atoms with Gasteiger partial charge in [0, 0.05) is 25.7 Å². The first-order valence-electron chi connectivity index (χ1n) is 41.7. The average molecular weight is 1480 g/mol. The first-order valence-corrected chi connectivity index (χ1v) is 44.7. The van der Waals surface area contributed by atoms with E-state index in [4.69, 9.17) is 37.0 Å².